The minimum absolute atomic E-state index is 0.0395. The van der Waals surface area contributed by atoms with Crippen molar-refractivity contribution in [2.24, 2.45) is 5.16 Å². The van der Waals surface area contributed by atoms with E-state index in [2.05, 4.69) is 20.4 Å². The Bertz CT molecular complexity index is 976. The van der Waals surface area contributed by atoms with Gasteiger partial charge in [-0.1, -0.05) is 35.5 Å². The van der Waals surface area contributed by atoms with Crippen LogP contribution in [0.1, 0.15) is 28.5 Å². The highest BCUT2D eigenvalue weighted by molar-refractivity contribution is 5.98. The Kier molecular flexibility index (Phi) is 4.23. The second kappa shape index (κ2) is 6.84. The number of aromatic amines is 1. The van der Waals surface area contributed by atoms with Crippen molar-refractivity contribution in [1.82, 2.24) is 15.3 Å². The van der Waals surface area contributed by atoms with Crippen molar-refractivity contribution >= 4 is 11.6 Å². The lowest BCUT2D eigenvalue weighted by atomic mass is 10.1. The van der Waals surface area contributed by atoms with Crippen LogP contribution in [0.3, 0.4) is 0 Å². The number of carbonyl (C=O) groups excluding carboxylic acids is 1. The van der Waals surface area contributed by atoms with Crippen molar-refractivity contribution in [3.05, 3.63) is 71.5 Å². The topological polar surface area (TPSA) is 79.4 Å². The number of aromatic nitrogens is 2. The first-order valence-electron chi connectivity index (χ1n) is 8.44. The van der Waals surface area contributed by atoms with Crippen molar-refractivity contribution in [1.29, 1.82) is 0 Å². The Hall–Kier alpha value is -3.41. The number of nitrogens with one attached hydrogen (secondary N) is 2. The zero-order valence-corrected chi connectivity index (χ0v) is 14.3. The van der Waals surface area contributed by atoms with Crippen molar-refractivity contribution in [2.45, 2.75) is 13.3 Å². The smallest absolute Gasteiger partial charge is 0.253 e. The third-order valence-corrected chi connectivity index (χ3v) is 4.32. The van der Waals surface area contributed by atoms with Crippen molar-refractivity contribution in [3.8, 4) is 17.1 Å². The fourth-order valence-corrected chi connectivity index (χ4v) is 2.92. The first-order chi connectivity index (χ1) is 12.7. The summed E-state index contributed by atoms with van der Waals surface area (Å²) < 4.78 is 0. The van der Waals surface area contributed by atoms with Gasteiger partial charge in [0.15, 0.2) is 0 Å². The Morgan fingerprint density at radius 1 is 1.19 bits per heavy atom. The third kappa shape index (κ3) is 3.21. The van der Waals surface area contributed by atoms with Gasteiger partial charge in [-0.05, 0) is 24.6 Å². The summed E-state index contributed by atoms with van der Waals surface area (Å²) in [7, 11) is 0. The number of benzene rings is 1. The molecule has 1 aromatic carbocycles. The summed E-state index contributed by atoms with van der Waals surface area (Å²) in [6, 6.07) is 15.3. The summed E-state index contributed by atoms with van der Waals surface area (Å²) in [5.74, 6) is 0.358. The standard InChI is InChI=1S/C20H18N4O2/c1-13(14-5-3-2-4-6-14)24-26-19-11-15(7-9-21-19)18-12-16-17(23-18)8-10-22-20(16)25/h2-7,9,11-12,23H,8,10H2,1H3,(H,22,25). The van der Waals surface area contributed by atoms with E-state index in [4.69, 9.17) is 4.84 Å². The summed E-state index contributed by atoms with van der Waals surface area (Å²) in [5.41, 5.74) is 5.17. The zero-order valence-electron chi connectivity index (χ0n) is 14.3. The number of rotatable bonds is 4. The van der Waals surface area contributed by atoms with Crippen LogP contribution < -0.4 is 10.2 Å². The molecular weight excluding hydrogens is 328 g/mol. The van der Waals surface area contributed by atoms with E-state index in [1.54, 1.807) is 12.3 Å². The molecule has 3 heterocycles. The normalized spacial score (nSPS) is 13.9. The van der Waals surface area contributed by atoms with Crippen molar-refractivity contribution in [2.75, 3.05) is 6.54 Å². The maximum Gasteiger partial charge on any atom is 0.253 e. The summed E-state index contributed by atoms with van der Waals surface area (Å²) >= 11 is 0. The molecule has 6 heteroatoms. The average molecular weight is 346 g/mol. The van der Waals surface area contributed by atoms with Crippen LogP contribution in [0.4, 0.5) is 0 Å². The van der Waals surface area contributed by atoms with Crippen LogP contribution in [-0.4, -0.2) is 28.1 Å². The molecule has 0 atom stereocenters. The molecule has 0 aliphatic carbocycles. The summed E-state index contributed by atoms with van der Waals surface area (Å²) in [5, 5.41) is 7.01. The highest BCUT2D eigenvalue weighted by atomic mass is 16.6. The maximum atomic E-state index is 11.9. The second-order valence-electron chi connectivity index (χ2n) is 6.10. The van der Waals surface area contributed by atoms with Gasteiger partial charge in [-0.25, -0.2) is 4.98 Å². The van der Waals surface area contributed by atoms with E-state index in [0.717, 1.165) is 34.6 Å². The molecular formula is C20H18N4O2. The van der Waals surface area contributed by atoms with E-state index in [1.165, 1.54) is 0 Å². The van der Waals surface area contributed by atoms with Crippen LogP contribution in [0.5, 0.6) is 5.88 Å². The minimum Gasteiger partial charge on any atom is -0.358 e. The largest absolute Gasteiger partial charge is 0.358 e. The molecule has 0 saturated carbocycles. The van der Waals surface area contributed by atoms with Gasteiger partial charge in [0.05, 0.1) is 11.3 Å². The van der Waals surface area contributed by atoms with Gasteiger partial charge in [0.25, 0.3) is 5.91 Å². The van der Waals surface area contributed by atoms with Crippen LogP contribution in [-0.2, 0) is 6.42 Å². The molecule has 26 heavy (non-hydrogen) atoms. The molecule has 0 radical (unpaired) electrons. The monoisotopic (exact) mass is 346 g/mol. The van der Waals surface area contributed by atoms with E-state index >= 15 is 0 Å². The lowest BCUT2D eigenvalue weighted by Gasteiger charge is -2.10. The molecule has 0 bridgehead atoms. The van der Waals surface area contributed by atoms with E-state index in [9.17, 15) is 4.79 Å². The zero-order chi connectivity index (χ0) is 17.9. The third-order valence-electron chi connectivity index (χ3n) is 4.32. The number of fused-ring (bicyclic) bond motifs is 1. The van der Waals surface area contributed by atoms with Gasteiger partial charge in [0.1, 0.15) is 0 Å². The van der Waals surface area contributed by atoms with E-state index in [0.29, 0.717) is 18.0 Å². The fraction of sp³-hybridized carbons (Fsp3) is 0.150. The van der Waals surface area contributed by atoms with E-state index in [-0.39, 0.29) is 5.91 Å². The minimum atomic E-state index is -0.0395. The van der Waals surface area contributed by atoms with Gasteiger partial charge in [-0.15, -0.1) is 0 Å². The Balaban J connectivity index is 1.57. The van der Waals surface area contributed by atoms with Crippen LogP contribution in [0.15, 0.2) is 59.9 Å². The van der Waals surface area contributed by atoms with Gasteiger partial charge in [-0.3, -0.25) is 4.79 Å². The number of hydrogen-bond acceptors (Lipinski definition) is 4. The van der Waals surface area contributed by atoms with Gasteiger partial charge in [0.2, 0.25) is 5.88 Å². The number of amides is 1. The first-order valence-corrected chi connectivity index (χ1v) is 8.44. The summed E-state index contributed by atoms with van der Waals surface area (Å²) in [4.78, 5) is 24.9. The molecule has 130 valence electrons. The molecule has 0 fully saturated rings. The number of carbonyl (C=O) groups is 1. The van der Waals surface area contributed by atoms with Crippen LogP contribution in [0.25, 0.3) is 11.3 Å². The molecule has 1 aliphatic rings. The molecule has 0 saturated heterocycles. The molecule has 6 nitrogen and oxygen atoms in total. The molecule has 2 aromatic heterocycles. The molecule has 0 spiro atoms. The van der Waals surface area contributed by atoms with Crippen molar-refractivity contribution < 1.29 is 9.63 Å². The van der Waals surface area contributed by atoms with Gasteiger partial charge in [-0.2, -0.15) is 0 Å². The molecule has 3 aromatic rings. The van der Waals surface area contributed by atoms with E-state index in [1.807, 2.05) is 49.4 Å². The summed E-state index contributed by atoms with van der Waals surface area (Å²) in [6.07, 6.45) is 2.47. The van der Waals surface area contributed by atoms with Crippen LogP contribution in [0, 0.1) is 0 Å². The Labute approximate surface area is 150 Å². The van der Waals surface area contributed by atoms with E-state index < -0.39 is 0 Å². The average Bonchev–Trinajstić information content (AvgIpc) is 3.13. The highest BCUT2D eigenvalue weighted by Gasteiger charge is 2.20. The predicted molar refractivity (Wildman–Crippen MR) is 99.3 cm³/mol. The summed E-state index contributed by atoms with van der Waals surface area (Å²) in [6.45, 7) is 2.54. The van der Waals surface area contributed by atoms with Gasteiger partial charge < -0.3 is 15.1 Å². The fourth-order valence-electron chi connectivity index (χ4n) is 2.92. The molecule has 2 N–H and O–H groups in total. The first kappa shape index (κ1) is 16.1. The molecule has 1 aliphatic heterocycles. The van der Waals surface area contributed by atoms with Gasteiger partial charge in [0, 0.05) is 42.2 Å². The highest BCUT2D eigenvalue weighted by Crippen LogP contribution is 2.25. The number of H-pyrrole nitrogens is 1. The predicted octanol–water partition coefficient (Wildman–Crippen LogP) is 3.17. The second-order valence-corrected chi connectivity index (χ2v) is 6.10. The molecule has 0 unspecified atom stereocenters. The van der Waals surface area contributed by atoms with Gasteiger partial charge >= 0.3 is 0 Å². The SMILES string of the molecule is CC(=NOc1cc(-c2cc3c([nH]2)CCNC3=O)ccn1)c1ccccc1. The lowest BCUT2D eigenvalue weighted by molar-refractivity contribution is 0.0946. The molecule has 1 amide bonds. The molecule has 4 rings (SSSR count). The number of oxime groups is 1. The quantitative estimate of drug-likeness (QED) is 0.562. The number of hydrogen-bond donors (Lipinski definition) is 2. The van der Waals surface area contributed by atoms with Crippen LogP contribution >= 0.6 is 0 Å². The van der Waals surface area contributed by atoms with Crippen LogP contribution in [0.2, 0.25) is 0 Å². The van der Waals surface area contributed by atoms with Crippen molar-refractivity contribution in [3.63, 3.8) is 0 Å². The number of pyridine rings is 1. The Morgan fingerprint density at radius 2 is 2.04 bits per heavy atom. The maximum absolute atomic E-state index is 11.9. The Morgan fingerprint density at radius 3 is 2.85 bits per heavy atom. The lowest BCUT2D eigenvalue weighted by Crippen LogP contribution is -2.31. The number of nitrogens with zero attached hydrogens (tertiary/aromatic N) is 2.